The van der Waals surface area contributed by atoms with Crippen molar-refractivity contribution >= 4 is 31.9 Å². The second-order valence-corrected chi connectivity index (χ2v) is 6.26. The summed E-state index contributed by atoms with van der Waals surface area (Å²) in [5.41, 5.74) is 3.24. The molecule has 0 N–H and O–H groups in total. The molecule has 0 nitrogen and oxygen atoms in total. The molecule has 0 bridgehead atoms. The normalized spacial score (nSPS) is 12.4. The van der Waals surface area contributed by atoms with Crippen LogP contribution in [0.15, 0.2) is 46.9 Å². The number of hydrogen-bond donors (Lipinski definition) is 0. The average Bonchev–Trinajstić information content (AvgIpc) is 2.39. The molecule has 0 spiro atoms. The second-order valence-electron chi connectivity index (χ2n) is 4.70. The van der Waals surface area contributed by atoms with E-state index in [4.69, 9.17) is 0 Å². The first-order chi connectivity index (χ1) is 9.10. The van der Waals surface area contributed by atoms with Crippen molar-refractivity contribution in [2.24, 2.45) is 0 Å². The Kier molecular flexibility index (Phi) is 5.17. The second kappa shape index (κ2) is 6.67. The van der Waals surface area contributed by atoms with E-state index in [0.29, 0.717) is 6.42 Å². The van der Waals surface area contributed by atoms with Gasteiger partial charge in [-0.3, -0.25) is 0 Å². The van der Waals surface area contributed by atoms with E-state index in [1.807, 2.05) is 12.1 Å². The van der Waals surface area contributed by atoms with Crippen LogP contribution >= 0.6 is 31.9 Å². The highest BCUT2D eigenvalue weighted by Gasteiger charge is 2.13. The van der Waals surface area contributed by atoms with Crippen LogP contribution in [-0.4, -0.2) is 5.33 Å². The van der Waals surface area contributed by atoms with Gasteiger partial charge in [0.1, 0.15) is 5.82 Å². The van der Waals surface area contributed by atoms with Crippen LogP contribution in [-0.2, 0) is 6.42 Å². The third-order valence-corrected chi connectivity index (χ3v) is 4.49. The van der Waals surface area contributed by atoms with Crippen LogP contribution in [0.3, 0.4) is 0 Å². The monoisotopic (exact) mass is 384 g/mol. The molecule has 2 aromatic rings. The molecule has 0 amide bonds. The number of rotatable bonds is 4. The summed E-state index contributed by atoms with van der Waals surface area (Å²) in [5.74, 6) is 0.142. The lowest BCUT2D eigenvalue weighted by molar-refractivity contribution is 0.598. The Balaban J connectivity index is 2.21. The summed E-state index contributed by atoms with van der Waals surface area (Å²) in [6.45, 7) is 2.07. The van der Waals surface area contributed by atoms with Gasteiger partial charge in [0.25, 0.3) is 0 Å². The fourth-order valence-electron chi connectivity index (χ4n) is 2.05. The first-order valence-electron chi connectivity index (χ1n) is 6.16. The van der Waals surface area contributed by atoms with Gasteiger partial charge in [0.05, 0.1) is 0 Å². The summed E-state index contributed by atoms with van der Waals surface area (Å²) in [7, 11) is 0. The predicted octanol–water partition coefficient (Wildman–Crippen LogP) is 5.62. The molecule has 0 saturated heterocycles. The van der Waals surface area contributed by atoms with E-state index in [1.165, 1.54) is 17.2 Å². The molecule has 0 aliphatic rings. The summed E-state index contributed by atoms with van der Waals surface area (Å²) < 4.78 is 14.7. The number of hydrogen-bond acceptors (Lipinski definition) is 0. The van der Waals surface area contributed by atoms with Gasteiger partial charge in [-0.05, 0) is 42.5 Å². The summed E-state index contributed by atoms with van der Waals surface area (Å²) in [6.07, 6.45) is 0.702. The van der Waals surface area contributed by atoms with Gasteiger partial charge in [0, 0.05) is 9.80 Å². The third-order valence-electron chi connectivity index (χ3n) is 3.22. The highest BCUT2D eigenvalue weighted by molar-refractivity contribution is 9.10. The minimum atomic E-state index is -0.146. The molecule has 0 aromatic heterocycles. The molecule has 0 radical (unpaired) electrons. The van der Waals surface area contributed by atoms with E-state index in [-0.39, 0.29) is 11.7 Å². The fraction of sp³-hybridized carbons (Fsp3) is 0.250. The van der Waals surface area contributed by atoms with Gasteiger partial charge in [0.15, 0.2) is 0 Å². The topological polar surface area (TPSA) is 0 Å². The lowest BCUT2D eigenvalue weighted by Gasteiger charge is -2.15. The first kappa shape index (κ1) is 14.7. The van der Waals surface area contributed by atoms with Crippen molar-refractivity contribution in [2.45, 2.75) is 19.3 Å². The minimum Gasteiger partial charge on any atom is -0.207 e. The summed E-state index contributed by atoms with van der Waals surface area (Å²) >= 11 is 6.82. The van der Waals surface area contributed by atoms with Crippen molar-refractivity contribution in [3.63, 3.8) is 0 Å². The third kappa shape index (κ3) is 3.90. The van der Waals surface area contributed by atoms with Gasteiger partial charge < -0.3 is 0 Å². The largest absolute Gasteiger partial charge is 0.207 e. The number of halogens is 3. The molecular formula is C16H15Br2F. The predicted molar refractivity (Wildman–Crippen MR) is 85.5 cm³/mol. The number of benzene rings is 2. The molecule has 0 saturated carbocycles. The molecule has 1 atom stereocenters. The highest BCUT2D eigenvalue weighted by Crippen LogP contribution is 2.26. The summed E-state index contributed by atoms with van der Waals surface area (Å²) in [6, 6.07) is 13.7. The van der Waals surface area contributed by atoms with E-state index in [2.05, 4.69) is 63.0 Å². The molecule has 0 aliphatic carbocycles. The lowest BCUT2D eigenvalue weighted by atomic mass is 9.93. The van der Waals surface area contributed by atoms with Crippen molar-refractivity contribution < 1.29 is 4.39 Å². The molecule has 3 heteroatoms. The molecule has 0 aliphatic heterocycles. The van der Waals surface area contributed by atoms with Gasteiger partial charge in [-0.25, -0.2) is 4.39 Å². The summed E-state index contributed by atoms with van der Waals surface area (Å²) in [5, 5.41) is 0.825. The van der Waals surface area contributed by atoms with Gasteiger partial charge in [0.2, 0.25) is 0 Å². The Morgan fingerprint density at radius 2 is 1.79 bits per heavy atom. The van der Waals surface area contributed by atoms with Gasteiger partial charge in [-0.2, -0.15) is 0 Å². The van der Waals surface area contributed by atoms with Gasteiger partial charge >= 0.3 is 0 Å². The van der Waals surface area contributed by atoms with Crippen molar-refractivity contribution in [3.8, 4) is 0 Å². The maximum Gasteiger partial charge on any atom is 0.127 e. The zero-order valence-electron chi connectivity index (χ0n) is 10.7. The Bertz CT molecular complexity index is 549. The fourth-order valence-corrected chi connectivity index (χ4v) is 2.99. The van der Waals surface area contributed by atoms with Crippen LogP contribution in [0.5, 0.6) is 0 Å². The SMILES string of the molecule is Cc1ccc(C(CBr)Cc2ccc(Br)cc2F)cc1. The van der Waals surface area contributed by atoms with Crippen molar-refractivity contribution in [1.82, 2.24) is 0 Å². The van der Waals surface area contributed by atoms with Crippen LogP contribution in [0.4, 0.5) is 4.39 Å². The maximum absolute atomic E-state index is 13.9. The first-order valence-corrected chi connectivity index (χ1v) is 8.08. The maximum atomic E-state index is 13.9. The Hall–Kier alpha value is -0.670. The summed E-state index contributed by atoms with van der Waals surface area (Å²) in [4.78, 5) is 0. The van der Waals surface area contributed by atoms with E-state index < -0.39 is 0 Å². The van der Waals surface area contributed by atoms with Crippen LogP contribution in [0, 0.1) is 12.7 Å². The molecule has 0 heterocycles. The van der Waals surface area contributed by atoms with E-state index in [0.717, 1.165) is 15.4 Å². The minimum absolute atomic E-state index is 0.146. The van der Waals surface area contributed by atoms with Crippen LogP contribution in [0.1, 0.15) is 22.6 Å². The van der Waals surface area contributed by atoms with Crippen molar-refractivity contribution in [3.05, 3.63) is 69.4 Å². The Morgan fingerprint density at radius 1 is 1.11 bits per heavy atom. The molecule has 1 unspecified atom stereocenters. The molecule has 2 aromatic carbocycles. The van der Waals surface area contributed by atoms with E-state index in [1.54, 1.807) is 0 Å². The Morgan fingerprint density at radius 3 is 2.37 bits per heavy atom. The van der Waals surface area contributed by atoms with Crippen molar-refractivity contribution in [1.29, 1.82) is 0 Å². The van der Waals surface area contributed by atoms with Gasteiger partial charge in [-0.1, -0.05) is 67.8 Å². The zero-order chi connectivity index (χ0) is 13.8. The highest BCUT2D eigenvalue weighted by atomic mass is 79.9. The lowest BCUT2D eigenvalue weighted by Crippen LogP contribution is -2.06. The smallest absolute Gasteiger partial charge is 0.127 e. The molecule has 2 rings (SSSR count). The molecular weight excluding hydrogens is 371 g/mol. The van der Waals surface area contributed by atoms with E-state index >= 15 is 0 Å². The quantitative estimate of drug-likeness (QED) is 0.599. The Labute approximate surface area is 130 Å². The number of aryl methyl sites for hydroxylation is 1. The zero-order valence-corrected chi connectivity index (χ0v) is 13.8. The van der Waals surface area contributed by atoms with E-state index in [9.17, 15) is 4.39 Å². The number of alkyl halides is 1. The molecule has 100 valence electrons. The van der Waals surface area contributed by atoms with Crippen molar-refractivity contribution in [2.75, 3.05) is 5.33 Å². The van der Waals surface area contributed by atoms with Gasteiger partial charge in [-0.15, -0.1) is 0 Å². The average molecular weight is 386 g/mol. The van der Waals surface area contributed by atoms with Crippen LogP contribution in [0.25, 0.3) is 0 Å². The molecule has 19 heavy (non-hydrogen) atoms. The van der Waals surface area contributed by atoms with Crippen LogP contribution in [0.2, 0.25) is 0 Å². The van der Waals surface area contributed by atoms with Crippen LogP contribution < -0.4 is 0 Å². The molecule has 0 fully saturated rings. The standard InChI is InChI=1S/C16H15Br2F/c1-11-2-4-12(5-3-11)14(10-17)8-13-6-7-15(18)9-16(13)19/h2-7,9,14H,8,10H2,1H3.